The smallest absolute Gasteiger partial charge is 0.306 e. The highest BCUT2D eigenvalue weighted by atomic mass is 16.6. The Kier molecular flexibility index (Phi) is 39.4. The largest absolute Gasteiger partial charge is 0.462 e. The molecule has 0 saturated heterocycles. The first-order valence-electron chi connectivity index (χ1n) is 22.9. The summed E-state index contributed by atoms with van der Waals surface area (Å²) in [5, 5.41) is 0. The second-order valence-electron chi connectivity index (χ2n) is 15.9. The Labute approximate surface area is 323 Å². The van der Waals surface area contributed by atoms with E-state index in [4.69, 9.17) is 14.2 Å². The van der Waals surface area contributed by atoms with E-state index in [1.165, 1.54) is 148 Å². The second kappa shape index (κ2) is 40.6. The molecule has 52 heavy (non-hydrogen) atoms. The summed E-state index contributed by atoms with van der Waals surface area (Å²) in [6.45, 7) is 8.96. The van der Waals surface area contributed by atoms with Crippen LogP contribution in [0.4, 0.5) is 0 Å². The Bertz CT molecular complexity index is 783. The molecule has 1 unspecified atom stereocenters. The number of carbonyl (C=O) groups excluding carboxylic acids is 3. The molecule has 0 N–H and O–H groups in total. The van der Waals surface area contributed by atoms with Crippen molar-refractivity contribution in [2.45, 2.75) is 259 Å². The zero-order chi connectivity index (χ0) is 38.2. The van der Waals surface area contributed by atoms with E-state index in [-0.39, 0.29) is 31.1 Å². The number of carbonyl (C=O) groups is 3. The van der Waals surface area contributed by atoms with E-state index in [1.807, 2.05) is 0 Å². The molecule has 2 atom stereocenters. The lowest BCUT2D eigenvalue weighted by Gasteiger charge is -2.18. The topological polar surface area (TPSA) is 78.9 Å². The number of hydrogen-bond acceptors (Lipinski definition) is 6. The minimum absolute atomic E-state index is 0.0643. The number of esters is 3. The summed E-state index contributed by atoms with van der Waals surface area (Å²) in [7, 11) is 0. The average molecular weight is 737 g/mol. The summed E-state index contributed by atoms with van der Waals surface area (Å²) in [5.41, 5.74) is 0. The molecule has 0 aliphatic rings. The van der Waals surface area contributed by atoms with Crippen molar-refractivity contribution in [3.63, 3.8) is 0 Å². The molecule has 0 aliphatic carbocycles. The van der Waals surface area contributed by atoms with Gasteiger partial charge in [0, 0.05) is 19.3 Å². The maximum Gasteiger partial charge on any atom is 0.306 e. The summed E-state index contributed by atoms with van der Waals surface area (Å²) in [6, 6.07) is 0. The van der Waals surface area contributed by atoms with Crippen LogP contribution in [0.25, 0.3) is 0 Å². The lowest BCUT2D eigenvalue weighted by atomic mass is 10.00. The minimum Gasteiger partial charge on any atom is -0.462 e. The Morgan fingerprint density at radius 3 is 1.00 bits per heavy atom. The second-order valence-corrected chi connectivity index (χ2v) is 15.9. The zero-order valence-electron chi connectivity index (χ0n) is 35.3. The molecule has 0 radical (unpaired) electrons. The number of hydrogen-bond donors (Lipinski definition) is 0. The third-order valence-electron chi connectivity index (χ3n) is 10.7. The van der Waals surface area contributed by atoms with Crippen LogP contribution in [0.15, 0.2) is 0 Å². The van der Waals surface area contributed by atoms with Gasteiger partial charge in [-0.1, -0.05) is 214 Å². The molecule has 6 heteroatoms. The molecule has 0 spiro atoms. The van der Waals surface area contributed by atoms with E-state index in [1.54, 1.807) is 0 Å². The van der Waals surface area contributed by atoms with E-state index in [0.717, 1.165) is 63.7 Å². The average Bonchev–Trinajstić information content (AvgIpc) is 3.14. The van der Waals surface area contributed by atoms with Gasteiger partial charge in [0.2, 0.25) is 0 Å². The van der Waals surface area contributed by atoms with Crippen LogP contribution in [-0.4, -0.2) is 37.2 Å². The van der Waals surface area contributed by atoms with Gasteiger partial charge in [-0.25, -0.2) is 0 Å². The van der Waals surface area contributed by atoms with Crippen molar-refractivity contribution in [2.75, 3.05) is 13.2 Å². The quantitative estimate of drug-likeness (QED) is 0.0353. The molecule has 0 rings (SSSR count). The van der Waals surface area contributed by atoms with Crippen molar-refractivity contribution >= 4 is 17.9 Å². The van der Waals surface area contributed by atoms with Crippen LogP contribution >= 0.6 is 0 Å². The SMILES string of the molecule is CCCCCCCCCCCCCCCC(=O)O[C@@H](COC(=O)CCCCCCCCCCCCC)COC(=O)CCCCCCCCC(C)CC. The molecule has 0 aromatic rings. The standard InChI is InChI=1S/C46H88O6/c1-5-8-10-12-14-16-18-19-21-23-25-31-35-39-46(49)52-43(41-51-45(48)38-34-30-27-26-28-32-36-42(4)7-3)40-50-44(47)37-33-29-24-22-20-17-15-13-11-9-6-2/h42-43H,5-41H2,1-4H3/t42?,43-/m0/s1. The molecular weight excluding hydrogens is 648 g/mol. The first-order chi connectivity index (χ1) is 25.4. The van der Waals surface area contributed by atoms with Gasteiger partial charge in [-0.15, -0.1) is 0 Å². The van der Waals surface area contributed by atoms with Gasteiger partial charge in [0.05, 0.1) is 0 Å². The zero-order valence-corrected chi connectivity index (χ0v) is 35.3. The van der Waals surface area contributed by atoms with Crippen LogP contribution in [0.2, 0.25) is 0 Å². The van der Waals surface area contributed by atoms with Gasteiger partial charge in [0.1, 0.15) is 13.2 Å². The molecule has 0 aromatic heterocycles. The van der Waals surface area contributed by atoms with Gasteiger partial charge in [0.25, 0.3) is 0 Å². The van der Waals surface area contributed by atoms with Crippen molar-refractivity contribution in [3.8, 4) is 0 Å². The number of ether oxygens (including phenoxy) is 3. The maximum absolute atomic E-state index is 12.7. The van der Waals surface area contributed by atoms with Crippen LogP contribution in [0, 0.1) is 5.92 Å². The maximum atomic E-state index is 12.7. The van der Waals surface area contributed by atoms with Crippen LogP contribution in [-0.2, 0) is 28.6 Å². The van der Waals surface area contributed by atoms with E-state index in [9.17, 15) is 14.4 Å². The first-order valence-corrected chi connectivity index (χ1v) is 22.9. The summed E-state index contributed by atoms with van der Waals surface area (Å²) in [6.07, 6.45) is 39.4. The molecule has 0 aromatic carbocycles. The lowest BCUT2D eigenvalue weighted by Crippen LogP contribution is -2.30. The van der Waals surface area contributed by atoms with Crippen molar-refractivity contribution in [1.82, 2.24) is 0 Å². The van der Waals surface area contributed by atoms with Crippen molar-refractivity contribution in [3.05, 3.63) is 0 Å². The molecule has 0 heterocycles. The highest BCUT2D eigenvalue weighted by molar-refractivity contribution is 5.71. The van der Waals surface area contributed by atoms with Crippen LogP contribution < -0.4 is 0 Å². The summed E-state index contributed by atoms with van der Waals surface area (Å²) >= 11 is 0. The summed E-state index contributed by atoms with van der Waals surface area (Å²) < 4.78 is 16.7. The Hall–Kier alpha value is -1.59. The normalized spacial score (nSPS) is 12.5. The fourth-order valence-corrected chi connectivity index (χ4v) is 6.77. The van der Waals surface area contributed by atoms with Gasteiger partial charge in [-0.05, 0) is 25.2 Å². The third-order valence-corrected chi connectivity index (χ3v) is 10.7. The van der Waals surface area contributed by atoms with Gasteiger partial charge in [0.15, 0.2) is 6.10 Å². The van der Waals surface area contributed by atoms with E-state index in [0.29, 0.717) is 19.3 Å². The fourth-order valence-electron chi connectivity index (χ4n) is 6.77. The number of unbranched alkanes of at least 4 members (excludes halogenated alkanes) is 27. The Balaban J connectivity index is 4.34. The highest BCUT2D eigenvalue weighted by Gasteiger charge is 2.19. The van der Waals surface area contributed by atoms with E-state index < -0.39 is 6.10 Å². The van der Waals surface area contributed by atoms with Crippen molar-refractivity contribution < 1.29 is 28.6 Å². The van der Waals surface area contributed by atoms with Gasteiger partial charge < -0.3 is 14.2 Å². The molecule has 0 aliphatic heterocycles. The molecule has 0 amide bonds. The third kappa shape index (κ3) is 38.1. The van der Waals surface area contributed by atoms with Gasteiger partial charge in [-0.2, -0.15) is 0 Å². The molecule has 6 nitrogen and oxygen atoms in total. The first kappa shape index (κ1) is 50.4. The van der Waals surface area contributed by atoms with Crippen molar-refractivity contribution in [1.29, 1.82) is 0 Å². The Morgan fingerprint density at radius 2 is 0.673 bits per heavy atom. The lowest BCUT2D eigenvalue weighted by molar-refractivity contribution is -0.167. The summed E-state index contributed by atoms with van der Waals surface area (Å²) in [5.74, 6) is -0.0422. The van der Waals surface area contributed by atoms with Crippen LogP contribution in [0.5, 0.6) is 0 Å². The molecule has 308 valence electrons. The minimum atomic E-state index is -0.759. The van der Waals surface area contributed by atoms with E-state index >= 15 is 0 Å². The predicted molar refractivity (Wildman–Crippen MR) is 220 cm³/mol. The van der Waals surface area contributed by atoms with Crippen LogP contribution in [0.1, 0.15) is 252 Å². The number of rotatable bonds is 41. The van der Waals surface area contributed by atoms with Crippen LogP contribution in [0.3, 0.4) is 0 Å². The molecule has 0 bridgehead atoms. The van der Waals surface area contributed by atoms with E-state index in [2.05, 4.69) is 27.7 Å². The van der Waals surface area contributed by atoms with Gasteiger partial charge in [-0.3, -0.25) is 14.4 Å². The predicted octanol–water partition coefficient (Wildman–Crippen LogP) is 14.3. The summed E-state index contributed by atoms with van der Waals surface area (Å²) in [4.78, 5) is 37.7. The fraction of sp³-hybridized carbons (Fsp3) is 0.935. The highest BCUT2D eigenvalue weighted by Crippen LogP contribution is 2.16. The molecular formula is C46H88O6. The van der Waals surface area contributed by atoms with Gasteiger partial charge >= 0.3 is 17.9 Å². The monoisotopic (exact) mass is 737 g/mol. The molecule has 0 fully saturated rings. The molecule has 0 saturated carbocycles. The Morgan fingerprint density at radius 1 is 0.385 bits per heavy atom. The van der Waals surface area contributed by atoms with Crippen molar-refractivity contribution in [2.24, 2.45) is 5.92 Å².